The molecular formula is C16H24N2OS. The standard InChI is InChI=1S/C16H24N2OS/c1-16(2,3)20(19)17-12-15-10-7-11-18(15)13-14-8-5-4-6-9-14/h4-6,8-9,12,15H,7,10-11,13H2,1-3H3/b17-12+/t15-,20?/m0/s1. The van der Waals surface area contributed by atoms with Crippen LogP contribution in [-0.4, -0.2) is 32.7 Å². The second-order valence-corrected chi connectivity index (χ2v) is 8.22. The highest BCUT2D eigenvalue weighted by Gasteiger charge is 2.24. The van der Waals surface area contributed by atoms with Crippen LogP contribution in [0, 0.1) is 0 Å². The van der Waals surface area contributed by atoms with Crippen molar-refractivity contribution in [2.75, 3.05) is 6.54 Å². The summed E-state index contributed by atoms with van der Waals surface area (Å²) in [6, 6.07) is 10.8. The van der Waals surface area contributed by atoms with Crippen LogP contribution in [0.2, 0.25) is 0 Å². The van der Waals surface area contributed by atoms with Gasteiger partial charge in [0.1, 0.15) is 11.0 Å². The Balaban J connectivity index is 1.98. The first-order valence-electron chi connectivity index (χ1n) is 7.21. The van der Waals surface area contributed by atoms with Crippen molar-refractivity contribution in [2.45, 2.75) is 50.9 Å². The number of likely N-dealkylation sites (tertiary alicyclic amines) is 1. The third-order valence-corrected chi connectivity index (χ3v) is 4.86. The van der Waals surface area contributed by atoms with E-state index in [9.17, 15) is 4.21 Å². The molecule has 20 heavy (non-hydrogen) atoms. The van der Waals surface area contributed by atoms with Crippen LogP contribution >= 0.6 is 0 Å². The molecule has 1 unspecified atom stereocenters. The number of hydrogen-bond acceptors (Lipinski definition) is 2. The van der Waals surface area contributed by atoms with Gasteiger partial charge >= 0.3 is 0 Å². The molecule has 1 aromatic rings. The zero-order valence-electron chi connectivity index (χ0n) is 12.6. The van der Waals surface area contributed by atoms with Gasteiger partial charge in [0.15, 0.2) is 0 Å². The van der Waals surface area contributed by atoms with Gasteiger partial charge in [0.2, 0.25) is 0 Å². The molecule has 0 radical (unpaired) electrons. The first-order chi connectivity index (χ1) is 9.47. The summed E-state index contributed by atoms with van der Waals surface area (Å²) in [5.74, 6) is 0. The van der Waals surface area contributed by atoms with E-state index in [-0.39, 0.29) is 4.75 Å². The highest BCUT2D eigenvalue weighted by Crippen LogP contribution is 2.20. The van der Waals surface area contributed by atoms with Crippen molar-refractivity contribution in [3.8, 4) is 0 Å². The molecule has 3 nitrogen and oxygen atoms in total. The number of nitrogens with zero attached hydrogens (tertiary/aromatic N) is 2. The van der Waals surface area contributed by atoms with E-state index in [1.165, 1.54) is 12.0 Å². The molecular weight excluding hydrogens is 268 g/mol. The van der Waals surface area contributed by atoms with Gasteiger partial charge in [0.25, 0.3) is 0 Å². The maximum absolute atomic E-state index is 12.0. The van der Waals surface area contributed by atoms with E-state index in [0.29, 0.717) is 6.04 Å². The molecule has 0 spiro atoms. The summed E-state index contributed by atoms with van der Waals surface area (Å²) >= 11 is 0. The molecule has 0 N–H and O–H groups in total. The Hall–Kier alpha value is -1.00. The molecule has 1 saturated heterocycles. The third-order valence-electron chi connectivity index (χ3n) is 3.50. The lowest BCUT2D eigenvalue weighted by Crippen LogP contribution is -2.30. The molecule has 0 bridgehead atoms. The van der Waals surface area contributed by atoms with Gasteiger partial charge in [-0.25, -0.2) is 4.21 Å². The van der Waals surface area contributed by atoms with Crippen LogP contribution in [0.25, 0.3) is 0 Å². The average molecular weight is 292 g/mol. The van der Waals surface area contributed by atoms with Crippen LogP contribution in [0.5, 0.6) is 0 Å². The Morgan fingerprint density at radius 1 is 1.35 bits per heavy atom. The van der Waals surface area contributed by atoms with E-state index in [1.54, 1.807) is 0 Å². The van der Waals surface area contributed by atoms with E-state index in [2.05, 4.69) is 33.6 Å². The van der Waals surface area contributed by atoms with Crippen molar-refractivity contribution in [1.29, 1.82) is 0 Å². The van der Waals surface area contributed by atoms with Crippen LogP contribution in [-0.2, 0) is 17.5 Å². The van der Waals surface area contributed by atoms with E-state index in [1.807, 2.05) is 33.1 Å². The van der Waals surface area contributed by atoms with Gasteiger partial charge < -0.3 is 0 Å². The van der Waals surface area contributed by atoms with Crippen LogP contribution < -0.4 is 0 Å². The molecule has 0 aromatic heterocycles. The quantitative estimate of drug-likeness (QED) is 0.798. The fraction of sp³-hybridized carbons (Fsp3) is 0.562. The summed E-state index contributed by atoms with van der Waals surface area (Å²) in [4.78, 5) is 2.42. The number of benzene rings is 1. The lowest BCUT2D eigenvalue weighted by Gasteiger charge is -2.21. The van der Waals surface area contributed by atoms with E-state index in [4.69, 9.17) is 0 Å². The molecule has 2 atom stereocenters. The second-order valence-electron chi connectivity index (χ2n) is 6.28. The van der Waals surface area contributed by atoms with E-state index >= 15 is 0 Å². The number of rotatable bonds is 4. The van der Waals surface area contributed by atoms with Crippen LogP contribution in [0.15, 0.2) is 34.7 Å². The molecule has 1 aliphatic rings. The van der Waals surface area contributed by atoms with Crippen molar-refractivity contribution in [2.24, 2.45) is 4.40 Å². The summed E-state index contributed by atoms with van der Waals surface area (Å²) in [6.07, 6.45) is 4.20. The molecule has 110 valence electrons. The largest absolute Gasteiger partial charge is 0.291 e. The minimum atomic E-state index is -1.15. The van der Waals surface area contributed by atoms with Gasteiger partial charge in [-0.05, 0) is 45.7 Å². The Kier molecular flexibility index (Phi) is 5.11. The summed E-state index contributed by atoms with van der Waals surface area (Å²) < 4.78 is 16.0. The fourth-order valence-corrected chi connectivity index (χ4v) is 2.89. The zero-order chi connectivity index (χ0) is 14.6. The van der Waals surface area contributed by atoms with Crippen molar-refractivity contribution < 1.29 is 4.21 Å². The Bertz CT molecular complexity index is 479. The lowest BCUT2D eigenvalue weighted by molar-refractivity contribution is 0.298. The van der Waals surface area contributed by atoms with Crippen molar-refractivity contribution >= 4 is 17.2 Å². The predicted molar refractivity (Wildman–Crippen MR) is 86.3 cm³/mol. The average Bonchev–Trinajstić information content (AvgIpc) is 2.83. The Morgan fingerprint density at radius 2 is 2.05 bits per heavy atom. The van der Waals surface area contributed by atoms with Gasteiger partial charge in [-0.1, -0.05) is 30.3 Å². The first-order valence-corrected chi connectivity index (χ1v) is 8.31. The summed E-state index contributed by atoms with van der Waals surface area (Å²) in [6.45, 7) is 7.90. The third kappa shape index (κ3) is 4.25. The SMILES string of the molecule is CC(C)(C)S(=O)/N=C/[C@@H]1CCCN1Cc1ccccc1. The molecule has 1 fully saturated rings. The topological polar surface area (TPSA) is 32.7 Å². The van der Waals surface area contributed by atoms with Gasteiger partial charge in [0, 0.05) is 18.8 Å². The minimum absolute atomic E-state index is 0.278. The molecule has 2 rings (SSSR count). The van der Waals surface area contributed by atoms with Crippen molar-refractivity contribution in [3.63, 3.8) is 0 Å². The highest BCUT2D eigenvalue weighted by molar-refractivity contribution is 7.85. The highest BCUT2D eigenvalue weighted by atomic mass is 32.2. The molecule has 1 aromatic carbocycles. The molecule has 0 amide bonds. The monoisotopic (exact) mass is 292 g/mol. The first kappa shape index (κ1) is 15.4. The minimum Gasteiger partial charge on any atom is -0.291 e. The second kappa shape index (κ2) is 6.64. The van der Waals surface area contributed by atoms with Gasteiger partial charge in [-0.15, -0.1) is 0 Å². The molecule has 1 heterocycles. The van der Waals surface area contributed by atoms with Crippen LogP contribution in [0.1, 0.15) is 39.2 Å². The Labute approximate surface area is 124 Å². The molecule has 1 aliphatic heterocycles. The fourth-order valence-electron chi connectivity index (χ4n) is 2.32. The maximum atomic E-state index is 12.0. The van der Waals surface area contributed by atoms with Crippen LogP contribution in [0.3, 0.4) is 0 Å². The molecule has 4 heteroatoms. The molecule has 0 saturated carbocycles. The van der Waals surface area contributed by atoms with Gasteiger partial charge in [-0.2, -0.15) is 4.40 Å². The molecule has 0 aliphatic carbocycles. The van der Waals surface area contributed by atoms with Gasteiger partial charge in [-0.3, -0.25) is 4.90 Å². The van der Waals surface area contributed by atoms with E-state index in [0.717, 1.165) is 19.5 Å². The summed E-state index contributed by atoms with van der Waals surface area (Å²) in [7, 11) is -1.15. The van der Waals surface area contributed by atoms with Crippen LogP contribution in [0.4, 0.5) is 0 Å². The van der Waals surface area contributed by atoms with E-state index < -0.39 is 11.0 Å². The number of hydrogen-bond donors (Lipinski definition) is 0. The Morgan fingerprint density at radius 3 is 2.70 bits per heavy atom. The normalized spacial score (nSPS) is 22.4. The predicted octanol–water partition coefficient (Wildman–Crippen LogP) is 3.18. The van der Waals surface area contributed by atoms with Gasteiger partial charge in [0.05, 0.1) is 4.75 Å². The van der Waals surface area contributed by atoms with Crippen molar-refractivity contribution in [3.05, 3.63) is 35.9 Å². The summed E-state index contributed by atoms with van der Waals surface area (Å²) in [5.41, 5.74) is 1.32. The summed E-state index contributed by atoms with van der Waals surface area (Å²) in [5, 5.41) is 0. The lowest BCUT2D eigenvalue weighted by atomic mass is 10.2. The van der Waals surface area contributed by atoms with Crippen molar-refractivity contribution in [1.82, 2.24) is 4.90 Å². The zero-order valence-corrected chi connectivity index (χ0v) is 13.4. The smallest absolute Gasteiger partial charge is 0.144 e. The maximum Gasteiger partial charge on any atom is 0.144 e.